The van der Waals surface area contributed by atoms with Gasteiger partial charge in [0.25, 0.3) is 5.91 Å². The molecule has 1 aromatic heterocycles. The van der Waals surface area contributed by atoms with Gasteiger partial charge in [-0.2, -0.15) is 0 Å². The van der Waals surface area contributed by atoms with Crippen molar-refractivity contribution in [3.8, 4) is 0 Å². The lowest BCUT2D eigenvalue weighted by atomic mass is 9.75. The standard InChI is InChI=1S/C17H27N3O/c1-4-10-18-15-14(8-6-11-19-15)16(21)20-13-7-5-9-17(2,3)12-13/h6,8,11,13H,4-5,7,9-10,12H2,1-3H3,(H,18,19)(H,20,21). The molecular weight excluding hydrogens is 262 g/mol. The van der Waals surface area contributed by atoms with E-state index in [9.17, 15) is 4.79 Å². The molecule has 1 atom stereocenters. The van der Waals surface area contributed by atoms with E-state index >= 15 is 0 Å². The smallest absolute Gasteiger partial charge is 0.255 e. The average Bonchev–Trinajstić information content (AvgIpc) is 2.44. The van der Waals surface area contributed by atoms with Crippen molar-refractivity contribution in [1.29, 1.82) is 0 Å². The Labute approximate surface area is 127 Å². The number of hydrogen-bond acceptors (Lipinski definition) is 3. The predicted molar refractivity (Wildman–Crippen MR) is 86.5 cm³/mol. The highest BCUT2D eigenvalue weighted by Crippen LogP contribution is 2.35. The van der Waals surface area contributed by atoms with Crippen molar-refractivity contribution < 1.29 is 4.79 Å². The van der Waals surface area contributed by atoms with Gasteiger partial charge in [0, 0.05) is 18.8 Å². The van der Waals surface area contributed by atoms with Crippen LogP contribution in [-0.4, -0.2) is 23.5 Å². The maximum atomic E-state index is 12.5. The Morgan fingerprint density at radius 3 is 3.00 bits per heavy atom. The zero-order chi connectivity index (χ0) is 15.3. The third kappa shape index (κ3) is 4.45. The molecule has 1 aliphatic rings. The van der Waals surface area contributed by atoms with E-state index in [1.54, 1.807) is 6.20 Å². The Bertz CT molecular complexity index is 485. The minimum absolute atomic E-state index is 0.00981. The van der Waals surface area contributed by atoms with Crippen molar-refractivity contribution in [3.63, 3.8) is 0 Å². The van der Waals surface area contributed by atoms with Gasteiger partial charge in [0.1, 0.15) is 5.82 Å². The van der Waals surface area contributed by atoms with E-state index in [1.807, 2.05) is 12.1 Å². The molecule has 1 fully saturated rings. The number of carbonyl (C=O) groups excluding carboxylic acids is 1. The summed E-state index contributed by atoms with van der Waals surface area (Å²) in [6.45, 7) is 7.49. The maximum absolute atomic E-state index is 12.5. The summed E-state index contributed by atoms with van der Waals surface area (Å²) in [5, 5.41) is 6.41. The minimum atomic E-state index is -0.00981. The second kappa shape index (κ2) is 6.92. The summed E-state index contributed by atoms with van der Waals surface area (Å²) in [4.78, 5) is 16.8. The molecule has 0 bridgehead atoms. The van der Waals surface area contributed by atoms with Crippen LogP contribution in [0.4, 0.5) is 5.82 Å². The molecule has 1 amide bonds. The fraction of sp³-hybridized carbons (Fsp3) is 0.647. The van der Waals surface area contributed by atoms with Crippen molar-refractivity contribution in [2.45, 2.75) is 58.9 Å². The highest BCUT2D eigenvalue weighted by molar-refractivity contribution is 5.98. The van der Waals surface area contributed by atoms with Crippen molar-refractivity contribution in [2.75, 3.05) is 11.9 Å². The van der Waals surface area contributed by atoms with E-state index in [1.165, 1.54) is 12.8 Å². The number of amides is 1. The number of rotatable bonds is 5. The van der Waals surface area contributed by atoms with E-state index in [0.717, 1.165) is 25.8 Å². The lowest BCUT2D eigenvalue weighted by molar-refractivity contribution is 0.0903. The average molecular weight is 289 g/mol. The summed E-state index contributed by atoms with van der Waals surface area (Å²) in [5.74, 6) is 0.677. The molecule has 2 rings (SSSR count). The Balaban J connectivity index is 2.03. The van der Waals surface area contributed by atoms with Crippen molar-refractivity contribution in [1.82, 2.24) is 10.3 Å². The van der Waals surface area contributed by atoms with Crippen molar-refractivity contribution in [2.24, 2.45) is 5.41 Å². The van der Waals surface area contributed by atoms with Crippen LogP contribution in [0.1, 0.15) is 63.2 Å². The second-order valence-corrected chi connectivity index (χ2v) is 6.76. The van der Waals surface area contributed by atoms with Crippen LogP contribution < -0.4 is 10.6 Å². The molecule has 1 aliphatic carbocycles. The summed E-state index contributed by atoms with van der Waals surface area (Å²) in [6, 6.07) is 3.94. The van der Waals surface area contributed by atoms with E-state index in [2.05, 4.69) is 36.4 Å². The SMILES string of the molecule is CCCNc1ncccc1C(=O)NC1CCCC(C)(C)C1. The second-order valence-electron chi connectivity index (χ2n) is 6.76. The number of nitrogens with one attached hydrogen (secondary N) is 2. The van der Waals surface area contributed by atoms with Gasteiger partial charge in [-0.3, -0.25) is 4.79 Å². The van der Waals surface area contributed by atoms with Crippen LogP contribution in [0.2, 0.25) is 0 Å². The summed E-state index contributed by atoms with van der Waals surface area (Å²) in [6.07, 6.45) is 7.29. The molecule has 1 unspecified atom stereocenters. The van der Waals surface area contributed by atoms with Crippen LogP contribution in [0.5, 0.6) is 0 Å². The molecule has 21 heavy (non-hydrogen) atoms. The van der Waals surface area contributed by atoms with Crippen LogP contribution in [0.3, 0.4) is 0 Å². The molecule has 1 aromatic rings. The molecule has 116 valence electrons. The van der Waals surface area contributed by atoms with Gasteiger partial charge in [0.05, 0.1) is 5.56 Å². The highest BCUT2D eigenvalue weighted by Gasteiger charge is 2.29. The molecule has 1 heterocycles. The first-order valence-corrected chi connectivity index (χ1v) is 8.01. The topological polar surface area (TPSA) is 54.0 Å². The molecule has 0 radical (unpaired) electrons. The van der Waals surface area contributed by atoms with Crippen LogP contribution in [0.25, 0.3) is 0 Å². The molecule has 0 saturated heterocycles. The molecule has 1 saturated carbocycles. The first-order valence-electron chi connectivity index (χ1n) is 8.01. The Morgan fingerprint density at radius 1 is 1.48 bits per heavy atom. The van der Waals surface area contributed by atoms with E-state index in [4.69, 9.17) is 0 Å². The molecule has 0 aliphatic heterocycles. The van der Waals surface area contributed by atoms with Crippen LogP contribution >= 0.6 is 0 Å². The third-order valence-electron chi connectivity index (χ3n) is 4.14. The minimum Gasteiger partial charge on any atom is -0.369 e. The Morgan fingerprint density at radius 2 is 2.29 bits per heavy atom. The van der Waals surface area contributed by atoms with Crippen LogP contribution in [0, 0.1) is 5.41 Å². The molecule has 0 spiro atoms. The van der Waals surface area contributed by atoms with E-state index in [-0.39, 0.29) is 11.9 Å². The van der Waals surface area contributed by atoms with Gasteiger partial charge in [-0.05, 0) is 43.2 Å². The first kappa shape index (κ1) is 15.8. The number of aromatic nitrogens is 1. The molecule has 4 nitrogen and oxygen atoms in total. The van der Waals surface area contributed by atoms with Gasteiger partial charge < -0.3 is 10.6 Å². The van der Waals surface area contributed by atoms with Crippen LogP contribution in [0.15, 0.2) is 18.3 Å². The lowest BCUT2D eigenvalue weighted by Gasteiger charge is -2.35. The molecule has 4 heteroatoms. The number of hydrogen-bond donors (Lipinski definition) is 2. The summed E-state index contributed by atoms with van der Waals surface area (Å²) in [7, 11) is 0. The Kier molecular flexibility index (Phi) is 5.21. The normalized spacial score (nSPS) is 20.8. The highest BCUT2D eigenvalue weighted by atomic mass is 16.1. The molecule has 0 aromatic carbocycles. The van der Waals surface area contributed by atoms with E-state index < -0.39 is 0 Å². The van der Waals surface area contributed by atoms with Gasteiger partial charge in [0.2, 0.25) is 0 Å². The zero-order valence-corrected chi connectivity index (χ0v) is 13.4. The molecule has 2 N–H and O–H groups in total. The largest absolute Gasteiger partial charge is 0.369 e. The number of nitrogens with zero attached hydrogens (tertiary/aromatic N) is 1. The fourth-order valence-electron chi connectivity index (χ4n) is 3.06. The lowest BCUT2D eigenvalue weighted by Crippen LogP contribution is -2.40. The summed E-state index contributed by atoms with van der Waals surface area (Å²) in [5.41, 5.74) is 0.975. The van der Waals surface area contributed by atoms with Crippen molar-refractivity contribution in [3.05, 3.63) is 23.9 Å². The number of anilines is 1. The van der Waals surface area contributed by atoms with Gasteiger partial charge in [-0.15, -0.1) is 0 Å². The van der Waals surface area contributed by atoms with E-state index in [0.29, 0.717) is 16.8 Å². The van der Waals surface area contributed by atoms with Gasteiger partial charge in [-0.1, -0.05) is 27.2 Å². The van der Waals surface area contributed by atoms with Crippen LogP contribution in [-0.2, 0) is 0 Å². The van der Waals surface area contributed by atoms with Crippen molar-refractivity contribution >= 4 is 11.7 Å². The summed E-state index contributed by atoms with van der Waals surface area (Å²) >= 11 is 0. The first-order chi connectivity index (χ1) is 10.0. The summed E-state index contributed by atoms with van der Waals surface area (Å²) < 4.78 is 0. The quantitative estimate of drug-likeness (QED) is 0.870. The predicted octanol–water partition coefficient (Wildman–Crippen LogP) is 3.60. The maximum Gasteiger partial charge on any atom is 0.255 e. The van der Waals surface area contributed by atoms with Gasteiger partial charge in [0.15, 0.2) is 0 Å². The van der Waals surface area contributed by atoms with Gasteiger partial charge in [-0.25, -0.2) is 4.98 Å². The Hall–Kier alpha value is -1.58. The number of pyridine rings is 1. The van der Waals surface area contributed by atoms with Gasteiger partial charge >= 0.3 is 0 Å². The molecular formula is C17H27N3O. The zero-order valence-electron chi connectivity index (χ0n) is 13.4. The number of carbonyl (C=O) groups is 1. The monoisotopic (exact) mass is 289 g/mol. The third-order valence-corrected chi connectivity index (χ3v) is 4.14. The fourth-order valence-corrected chi connectivity index (χ4v) is 3.06.